The van der Waals surface area contributed by atoms with Gasteiger partial charge in [0.1, 0.15) is 23.9 Å². The van der Waals surface area contributed by atoms with Crippen molar-refractivity contribution in [1.82, 2.24) is 16.0 Å². The molecular weight excluding hydrogens is 636 g/mol. The van der Waals surface area contributed by atoms with Gasteiger partial charge in [0.05, 0.1) is 19.2 Å². The number of methoxy groups -OCH3 is 1. The van der Waals surface area contributed by atoms with Crippen LogP contribution < -0.4 is 26.0 Å². The molecule has 4 aromatic carbocycles. The first-order chi connectivity index (χ1) is 24.0. The minimum absolute atomic E-state index is 0.0230. The summed E-state index contributed by atoms with van der Waals surface area (Å²) in [6, 6.07) is 26.4. The van der Waals surface area contributed by atoms with E-state index < -0.39 is 47.7 Å². The zero-order valence-corrected chi connectivity index (χ0v) is 28.5. The van der Waals surface area contributed by atoms with E-state index in [1.54, 1.807) is 30.3 Å². The van der Waals surface area contributed by atoms with Crippen molar-refractivity contribution in [2.45, 2.75) is 64.1 Å². The van der Waals surface area contributed by atoms with Crippen LogP contribution in [0.2, 0.25) is 0 Å². The van der Waals surface area contributed by atoms with Crippen LogP contribution in [-0.2, 0) is 36.8 Å². The van der Waals surface area contributed by atoms with E-state index in [2.05, 4.69) is 21.3 Å². The molecule has 0 heterocycles. The molecule has 0 aliphatic rings. The van der Waals surface area contributed by atoms with E-state index in [0.717, 1.165) is 21.9 Å². The number of rotatable bonds is 17. The van der Waals surface area contributed by atoms with Crippen LogP contribution >= 0.6 is 0 Å². The van der Waals surface area contributed by atoms with Gasteiger partial charge in [0.25, 0.3) is 0 Å². The van der Waals surface area contributed by atoms with Crippen LogP contribution in [0.5, 0.6) is 5.75 Å². The first-order valence-corrected chi connectivity index (χ1v) is 16.6. The number of carboxylic acids is 1. The molecule has 0 saturated carbocycles. The van der Waals surface area contributed by atoms with Crippen molar-refractivity contribution >= 4 is 46.1 Å². The zero-order valence-electron chi connectivity index (χ0n) is 28.5. The molecule has 4 amide bonds. The van der Waals surface area contributed by atoms with Crippen LogP contribution in [-0.4, -0.2) is 59.9 Å². The molecule has 0 bridgehead atoms. The second-order valence-electron chi connectivity index (χ2n) is 12.5. The Labute approximate surface area is 291 Å². The van der Waals surface area contributed by atoms with Gasteiger partial charge in [0.15, 0.2) is 0 Å². The Kier molecular flexibility index (Phi) is 13.5. The molecule has 0 spiro atoms. The molecule has 50 heavy (non-hydrogen) atoms. The number of nitrogens with one attached hydrogen (secondary N) is 4. The highest BCUT2D eigenvalue weighted by atomic mass is 16.5. The lowest BCUT2D eigenvalue weighted by molar-refractivity contribution is -0.139. The first kappa shape index (κ1) is 37.1. The van der Waals surface area contributed by atoms with Gasteiger partial charge in [-0.2, -0.15) is 0 Å². The lowest BCUT2D eigenvalue weighted by Crippen LogP contribution is -2.57. The topological polar surface area (TPSA) is 163 Å². The van der Waals surface area contributed by atoms with Crippen molar-refractivity contribution in [2.75, 3.05) is 12.4 Å². The minimum Gasteiger partial charge on any atom is -0.495 e. The van der Waals surface area contributed by atoms with E-state index in [-0.39, 0.29) is 38.0 Å². The van der Waals surface area contributed by atoms with Crippen molar-refractivity contribution in [1.29, 1.82) is 0 Å². The van der Waals surface area contributed by atoms with E-state index in [0.29, 0.717) is 11.4 Å². The number of carbonyl (C=O) groups excluding carboxylic acids is 4. The molecule has 4 aromatic rings. The van der Waals surface area contributed by atoms with Gasteiger partial charge in [-0.3, -0.25) is 24.0 Å². The number of hydrogen-bond donors (Lipinski definition) is 5. The molecule has 4 rings (SSSR count). The summed E-state index contributed by atoms with van der Waals surface area (Å²) in [5.41, 5.74) is 2.05. The average Bonchev–Trinajstić information content (AvgIpc) is 3.10. The Balaban J connectivity index is 1.59. The van der Waals surface area contributed by atoms with E-state index >= 15 is 0 Å². The van der Waals surface area contributed by atoms with E-state index in [9.17, 15) is 24.0 Å². The molecule has 0 unspecified atom stereocenters. The fourth-order valence-corrected chi connectivity index (χ4v) is 5.61. The maximum absolute atomic E-state index is 14.0. The van der Waals surface area contributed by atoms with Gasteiger partial charge in [0, 0.05) is 24.6 Å². The van der Waals surface area contributed by atoms with Crippen molar-refractivity contribution in [3.63, 3.8) is 0 Å². The largest absolute Gasteiger partial charge is 0.495 e. The zero-order chi connectivity index (χ0) is 36.0. The molecule has 262 valence electrons. The smallest absolute Gasteiger partial charge is 0.303 e. The van der Waals surface area contributed by atoms with Crippen LogP contribution in [0.25, 0.3) is 10.8 Å². The quantitative estimate of drug-likeness (QED) is 0.109. The fraction of sp³-hybridized carbons (Fsp3) is 0.308. The molecular formula is C39H44N4O7. The molecule has 0 saturated heterocycles. The molecule has 0 aromatic heterocycles. The number of carboxylic acid groups (broad SMARTS) is 1. The number of amides is 4. The van der Waals surface area contributed by atoms with Gasteiger partial charge in [-0.1, -0.05) is 105 Å². The summed E-state index contributed by atoms with van der Waals surface area (Å²) >= 11 is 0. The van der Waals surface area contributed by atoms with Crippen LogP contribution in [0.4, 0.5) is 5.69 Å². The van der Waals surface area contributed by atoms with Crippen molar-refractivity contribution in [2.24, 2.45) is 5.92 Å². The molecule has 3 atom stereocenters. The summed E-state index contributed by atoms with van der Waals surface area (Å²) in [6.45, 7) is 3.81. The Hall–Kier alpha value is -5.71. The summed E-state index contributed by atoms with van der Waals surface area (Å²) in [4.78, 5) is 65.4. The molecule has 11 nitrogen and oxygen atoms in total. The van der Waals surface area contributed by atoms with Crippen LogP contribution in [0.1, 0.15) is 44.2 Å². The lowest BCUT2D eigenvalue weighted by Gasteiger charge is -2.27. The highest BCUT2D eigenvalue weighted by molar-refractivity contribution is 6.07. The normalized spacial score (nSPS) is 12.7. The molecule has 11 heteroatoms. The van der Waals surface area contributed by atoms with E-state index in [4.69, 9.17) is 9.84 Å². The first-order valence-electron chi connectivity index (χ1n) is 16.6. The van der Waals surface area contributed by atoms with E-state index in [1.165, 1.54) is 7.11 Å². The van der Waals surface area contributed by atoms with Crippen LogP contribution in [0.15, 0.2) is 97.1 Å². The Morgan fingerprint density at radius 2 is 1.18 bits per heavy atom. The van der Waals surface area contributed by atoms with Crippen molar-refractivity contribution in [3.8, 4) is 5.75 Å². The second kappa shape index (κ2) is 18.2. The number of carbonyl (C=O) groups is 5. The fourth-order valence-electron chi connectivity index (χ4n) is 5.61. The standard InChI is InChI=1S/C39H44N4O7/c1-25(2)22-30(41-38(48)31(23-26-12-6-4-7-13-26)40-34(44)20-21-35(45)46)37(47)42-32(24-27-14-8-5-9-15-27)39(49)43-36-29-17-11-10-16-28(29)18-19-33(36)50-3/h4-19,25,30-32H,20-24H2,1-3H3,(H,40,44)(H,41,48)(H,42,47)(H,43,49)(H,45,46)/t30-,31-,32-/m0/s1. The number of hydrogen-bond acceptors (Lipinski definition) is 6. The number of fused-ring (bicyclic) bond motifs is 1. The molecule has 0 radical (unpaired) electrons. The molecule has 5 N–H and O–H groups in total. The molecule has 0 fully saturated rings. The number of anilines is 1. The Morgan fingerprint density at radius 3 is 1.76 bits per heavy atom. The van der Waals surface area contributed by atoms with Gasteiger partial charge < -0.3 is 31.1 Å². The number of ether oxygens (including phenoxy) is 1. The maximum atomic E-state index is 14.0. The second-order valence-corrected chi connectivity index (χ2v) is 12.5. The van der Waals surface area contributed by atoms with Gasteiger partial charge >= 0.3 is 5.97 Å². The van der Waals surface area contributed by atoms with Crippen molar-refractivity contribution < 1.29 is 33.8 Å². The lowest BCUT2D eigenvalue weighted by atomic mass is 9.99. The monoisotopic (exact) mass is 680 g/mol. The number of benzene rings is 4. The van der Waals surface area contributed by atoms with Crippen molar-refractivity contribution in [3.05, 3.63) is 108 Å². The average molecular weight is 681 g/mol. The Bertz CT molecular complexity index is 1780. The third kappa shape index (κ3) is 10.9. The molecule has 0 aliphatic heterocycles. The molecule has 0 aliphatic carbocycles. The summed E-state index contributed by atoms with van der Waals surface area (Å²) in [5, 5.41) is 22.0. The summed E-state index contributed by atoms with van der Waals surface area (Å²) in [7, 11) is 1.52. The van der Waals surface area contributed by atoms with Gasteiger partial charge in [-0.15, -0.1) is 0 Å². The van der Waals surface area contributed by atoms with Crippen LogP contribution in [0, 0.1) is 5.92 Å². The van der Waals surface area contributed by atoms with Gasteiger partial charge in [-0.05, 0) is 34.9 Å². The summed E-state index contributed by atoms with van der Waals surface area (Å²) < 4.78 is 5.57. The van der Waals surface area contributed by atoms with Gasteiger partial charge in [-0.25, -0.2) is 0 Å². The SMILES string of the molecule is COc1ccc2ccccc2c1NC(=O)[C@H](Cc1ccccc1)NC(=O)[C@H](CC(C)C)NC(=O)[C@H](Cc1ccccc1)NC(=O)CCC(=O)O. The summed E-state index contributed by atoms with van der Waals surface area (Å²) in [5.74, 6) is -2.94. The van der Waals surface area contributed by atoms with E-state index in [1.807, 2.05) is 80.6 Å². The Morgan fingerprint density at radius 1 is 0.640 bits per heavy atom. The minimum atomic E-state index is -1.13. The van der Waals surface area contributed by atoms with Crippen LogP contribution in [0.3, 0.4) is 0 Å². The van der Waals surface area contributed by atoms with Gasteiger partial charge in [0.2, 0.25) is 23.6 Å². The third-order valence-electron chi connectivity index (χ3n) is 8.11. The predicted molar refractivity (Wildman–Crippen MR) is 192 cm³/mol. The number of aliphatic carboxylic acids is 1. The highest BCUT2D eigenvalue weighted by Gasteiger charge is 2.31. The third-order valence-corrected chi connectivity index (χ3v) is 8.11. The predicted octanol–water partition coefficient (Wildman–Crippen LogP) is 4.64. The summed E-state index contributed by atoms with van der Waals surface area (Å²) in [6.07, 6.45) is -0.155. The maximum Gasteiger partial charge on any atom is 0.303 e. The highest BCUT2D eigenvalue weighted by Crippen LogP contribution is 2.33.